The Morgan fingerprint density at radius 3 is 2.93 bits per heavy atom. The van der Waals surface area contributed by atoms with Gasteiger partial charge in [-0.1, -0.05) is 6.07 Å². The number of anilines is 1. The zero-order chi connectivity index (χ0) is 19.2. The van der Waals surface area contributed by atoms with E-state index < -0.39 is 5.82 Å². The van der Waals surface area contributed by atoms with E-state index in [0.29, 0.717) is 19.6 Å². The van der Waals surface area contributed by atoms with Crippen molar-refractivity contribution in [2.24, 2.45) is 5.92 Å². The zero-order valence-electron chi connectivity index (χ0n) is 15.8. The van der Waals surface area contributed by atoms with E-state index in [2.05, 4.69) is 14.9 Å². The Kier molecular flexibility index (Phi) is 6.21. The first-order valence-electron chi connectivity index (χ1n) is 9.24. The van der Waals surface area contributed by atoms with Gasteiger partial charge in [-0.15, -0.1) is 0 Å². The third kappa shape index (κ3) is 4.53. The second-order valence-corrected chi connectivity index (χ2v) is 6.67. The number of benzene rings is 1. The van der Waals surface area contributed by atoms with Crippen molar-refractivity contribution in [1.29, 1.82) is 0 Å². The smallest absolute Gasteiger partial charge is 0.227 e. The third-order valence-electron chi connectivity index (χ3n) is 4.93. The van der Waals surface area contributed by atoms with Crippen LogP contribution in [0.5, 0.6) is 5.75 Å². The number of methoxy groups -OCH3 is 1. The van der Waals surface area contributed by atoms with Crippen LogP contribution < -0.4 is 9.64 Å². The number of carbonyl (C=O) groups excluding carboxylic acids is 1. The van der Waals surface area contributed by atoms with Crippen LogP contribution in [0.3, 0.4) is 0 Å². The number of aromatic nitrogens is 2. The Morgan fingerprint density at radius 1 is 1.41 bits per heavy atom. The fraction of sp³-hybridized carbons (Fsp3) is 0.450. The minimum atomic E-state index is -0.412. The number of hydrogen-bond donors (Lipinski definition) is 0. The number of amides is 1. The molecule has 0 aliphatic carbocycles. The fourth-order valence-corrected chi connectivity index (χ4v) is 3.47. The van der Waals surface area contributed by atoms with Gasteiger partial charge in [0.25, 0.3) is 0 Å². The van der Waals surface area contributed by atoms with Crippen LogP contribution in [0.2, 0.25) is 0 Å². The van der Waals surface area contributed by atoms with Crippen molar-refractivity contribution >= 4 is 11.7 Å². The lowest BCUT2D eigenvalue weighted by molar-refractivity contribution is -0.136. The van der Waals surface area contributed by atoms with Gasteiger partial charge >= 0.3 is 0 Å². The molecule has 1 amide bonds. The SMILES string of the molecule is CCN(Cc1ccc(OC)c(F)c1)C(=O)[C@H]1CCCN(c2cnccn2)C1. The van der Waals surface area contributed by atoms with Gasteiger partial charge in [0.1, 0.15) is 5.82 Å². The van der Waals surface area contributed by atoms with Gasteiger partial charge in [0.2, 0.25) is 5.91 Å². The Morgan fingerprint density at radius 2 is 2.26 bits per heavy atom. The Bertz CT molecular complexity index is 772. The topological polar surface area (TPSA) is 58.6 Å². The van der Waals surface area contributed by atoms with Gasteiger partial charge in [-0.2, -0.15) is 0 Å². The fourth-order valence-electron chi connectivity index (χ4n) is 3.47. The average Bonchev–Trinajstić information content (AvgIpc) is 2.72. The molecule has 0 bridgehead atoms. The molecule has 27 heavy (non-hydrogen) atoms. The molecule has 1 fully saturated rings. The van der Waals surface area contributed by atoms with E-state index in [0.717, 1.165) is 30.8 Å². The minimum absolute atomic E-state index is 0.0937. The molecule has 1 aromatic carbocycles. The van der Waals surface area contributed by atoms with Crippen molar-refractivity contribution < 1.29 is 13.9 Å². The van der Waals surface area contributed by atoms with Gasteiger partial charge in [0, 0.05) is 38.6 Å². The van der Waals surface area contributed by atoms with Crippen LogP contribution in [0.4, 0.5) is 10.2 Å². The van der Waals surface area contributed by atoms with Crippen molar-refractivity contribution in [2.75, 3.05) is 31.6 Å². The van der Waals surface area contributed by atoms with Gasteiger partial charge < -0.3 is 14.5 Å². The highest BCUT2D eigenvalue weighted by Gasteiger charge is 2.29. The maximum Gasteiger partial charge on any atom is 0.227 e. The van der Waals surface area contributed by atoms with Gasteiger partial charge in [0.05, 0.1) is 19.2 Å². The first kappa shape index (κ1) is 19.1. The Hall–Kier alpha value is -2.70. The largest absolute Gasteiger partial charge is 0.494 e. The quantitative estimate of drug-likeness (QED) is 0.780. The van der Waals surface area contributed by atoms with E-state index in [1.807, 2.05) is 6.92 Å². The normalized spacial score (nSPS) is 16.9. The van der Waals surface area contributed by atoms with Crippen molar-refractivity contribution in [3.8, 4) is 5.75 Å². The van der Waals surface area contributed by atoms with Crippen molar-refractivity contribution in [2.45, 2.75) is 26.3 Å². The molecule has 0 radical (unpaired) electrons. The highest BCUT2D eigenvalue weighted by atomic mass is 19.1. The molecule has 0 unspecified atom stereocenters. The first-order chi connectivity index (χ1) is 13.1. The van der Waals surface area contributed by atoms with Crippen LogP contribution in [-0.4, -0.2) is 47.5 Å². The molecule has 1 atom stereocenters. The van der Waals surface area contributed by atoms with E-state index in [9.17, 15) is 9.18 Å². The summed E-state index contributed by atoms with van der Waals surface area (Å²) >= 11 is 0. The van der Waals surface area contributed by atoms with Crippen LogP contribution in [0, 0.1) is 11.7 Å². The van der Waals surface area contributed by atoms with Crippen molar-refractivity contribution in [3.05, 3.63) is 48.2 Å². The Balaban J connectivity index is 1.68. The van der Waals surface area contributed by atoms with Crippen LogP contribution in [0.1, 0.15) is 25.3 Å². The van der Waals surface area contributed by atoms with E-state index in [-0.39, 0.29) is 17.6 Å². The van der Waals surface area contributed by atoms with E-state index >= 15 is 0 Å². The van der Waals surface area contributed by atoms with E-state index in [1.54, 1.807) is 35.6 Å². The number of ether oxygens (including phenoxy) is 1. The molecule has 6 nitrogen and oxygen atoms in total. The molecule has 0 spiro atoms. The van der Waals surface area contributed by atoms with Crippen LogP contribution in [-0.2, 0) is 11.3 Å². The molecule has 2 heterocycles. The molecule has 1 aliphatic heterocycles. The number of carbonyl (C=O) groups is 1. The monoisotopic (exact) mass is 372 g/mol. The summed E-state index contributed by atoms with van der Waals surface area (Å²) in [6, 6.07) is 4.82. The van der Waals surface area contributed by atoms with Crippen molar-refractivity contribution in [3.63, 3.8) is 0 Å². The number of hydrogen-bond acceptors (Lipinski definition) is 5. The maximum absolute atomic E-state index is 14.0. The summed E-state index contributed by atoms with van der Waals surface area (Å²) in [6.45, 7) is 4.41. The van der Waals surface area contributed by atoms with Crippen LogP contribution in [0.25, 0.3) is 0 Å². The summed E-state index contributed by atoms with van der Waals surface area (Å²) in [5.74, 6) is 0.603. The lowest BCUT2D eigenvalue weighted by Gasteiger charge is -2.35. The zero-order valence-corrected chi connectivity index (χ0v) is 15.8. The highest BCUT2D eigenvalue weighted by molar-refractivity contribution is 5.79. The molecular weight excluding hydrogens is 347 g/mol. The number of rotatable bonds is 6. The lowest BCUT2D eigenvalue weighted by Crippen LogP contribution is -2.45. The van der Waals surface area contributed by atoms with E-state index in [1.165, 1.54) is 13.2 Å². The van der Waals surface area contributed by atoms with E-state index in [4.69, 9.17) is 4.74 Å². The average molecular weight is 372 g/mol. The Labute approximate surface area is 159 Å². The second-order valence-electron chi connectivity index (χ2n) is 6.67. The molecule has 3 rings (SSSR count). The molecule has 0 N–H and O–H groups in total. The molecule has 7 heteroatoms. The molecular formula is C20H25FN4O2. The van der Waals surface area contributed by atoms with Gasteiger partial charge in [0.15, 0.2) is 11.6 Å². The number of piperidine rings is 1. The van der Waals surface area contributed by atoms with Gasteiger partial charge in [-0.25, -0.2) is 9.37 Å². The molecule has 2 aromatic rings. The minimum Gasteiger partial charge on any atom is -0.494 e. The molecule has 144 valence electrons. The van der Waals surface area contributed by atoms with Crippen LogP contribution >= 0.6 is 0 Å². The lowest BCUT2D eigenvalue weighted by atomic mass is 9.96. The summed E-state index contributed by atoms with van der Waals surface area (Å²) in [6.07, 6.45) is 6.82. The maximum atomic E-state index is 14.0. The molecule has 1 aromatic heterocycles. The molecule has 1 saturated heterocycles. The summed E-state index contributed by atoms with van der Waals surface area (Å²) in [4.78, 5) is 25.4. The summed E-state index contributed by atoms with van der Waals surface area (Å²) in [5.41, 5.74) is 0.755. The summed E-state index contributed by atoms with van der Waals surface area (Å²) < 4.78 is 18.9. The summed E-state index contributed by atoms with van der Waals surface area (Å²) in [5, 5.41) is 0. The molecule has 1 aliphatic rings. The first-order valence-corrected chi connectivity index (χ1v) is 9.24. The van der Waals surface area contributed by atoms with Crippen molar-refractivity contribution in [1.82, 2.24) is 14.9 Å². The second kappa shape index (κ2) is 8.79. The van der Waals surface area contributed by atoms with Gasteiger partial charge in [-0.05, 0) is 37.5 Å². The number of halogens is 1. The van der Waals surface area contributed by atoms with Crippen LogP contribution in [0.15, 0.2) is 36.8 Å². The third-order valence-corrected chi connectivity index (χ3v) is 4.93. The standard InChI is InChI=1S/C20H25FN4O2/c1-3-24(13-15-6-7-18(27-2)17(21)11-15)20(26)16-5-4-10-25(14-16)19-12-22-8-9-23-19/h6-9,11-12,16H,3-5,10,13-14H2,1-2H3/t16-/m0/s1. The van der Waals surface area contributed by atoms with Gasteiger partial charge in [-0.3, -0.25) is 9.78 Å². The predicted molar refractivity (Wildman–Crippen MR) is 101 cm³/mol. The number of nitrogens with zero attached hydrogens (tertiary/aromatic N) is 4. The molecule has 0 saturated carbocycles. The summed E-state index contributed by atoms with van der Waals surface area (Å²) in [7, 11) is 1.44. The predicted octanol–water partition coefficient (Wildman–Crippen LogP) is 2.89. The highest BCUT2D eigenvalue weighted by Crippen LogP contribution is 2.24.